The van der Waals surface area contributed by atoms with E-state index in [9.17, 15) is 0 Å². The van der Waals surface area contributed by atoms with Gasteiger partial charge in [0.2, 0.25) is 0 Å². The van der Waals surface area contributed by atoms with E-state index in [1.54, 1.807) is 0 Å². The Hall–Kier alpha value is -0.220. The molecular formula is C11H17ClN2S. The van der Waals surface area contributed by atoms with Crippen LogP contribution in [-0.4, -0.2) is 11.5 Å². The van der Waals surface area contributed by atoms with E-state index in [1.165, 1.54) is 17.7 Å². The number of hydrazine groups is 1. The van der Waals surface area contributed by atoms with Crippen molar-refractivity contribution in [2.24, 2.45) is 5.84 Å². The van der Waals surface area contributed by atoms with Crippen LogP contribution in [0.15, 0.2) is 24.3 Å². The lowest BCUT2D eigenvalue weighted by Gasteiger charge is -2.15. The number of nitrogens with two attached hydrogens (primary N) is 1. The summed E-state index contributed by atoms with van der Waals surface area (Å²) < 4.78 is 0. The van der Waals surface area contributed by atoms with Gasteiger partial charge in [-0.25, -0.2) is 0 Å². The molecule has 0 bridgehead atoms. The molecule has 0 aliphatic carbocycles. The highest BCUT2D eigenvalue weighted by Gasteiger charge is 2.08. The van der Waals surface area contributed by atoms with Crippen LogP contribution in [0.3, 0.4) is 0 Å². The van der Waals surface area contributed by atoms with Crippen molar-refractivity contribution in [1.29, 1.82) is 0 Å². The third-order valence-electron chi connectivity index (χ3n) is 2.11. The third-order valence-corrected chi connectivity index (χ3v) is 3.62. The minimum Gasteiger partial charge on any atom is -0.271 e. The van der Waals surface area contributed by atoms with Crippen LogP contribution in [0.2, 0.25) is 5.02 Å². The normalized spacial score (nSPS) is 12.7. The Kier molecular flexibility index (Phi) is 6.10. The Morgan fingerprint density at radius 1 is 1.40 bits per heavy atom. The number of halogens is 1. The fourth-order valence-corrected chi connectivity index (χ4v) is 2.39. The quantitative estimate of drug-likeness (QED) is 0.459. The van der Waals surface area contributed by atoms with Crippen molar-refractivity contribution < 1.29 is 0 Å². The van der Waals surface area contributed by atoms with E-state index in [4.69, 9.17) is 17.4 Å². The highest BCUT2D eigenvalue weighted by Crippen LogP contribution is 2.20. The maximum absolute atomic E-state index is 5.83. The first-order valence-electron chi connectivity index (χ1n) is 5.07. The Morgan fingerprint density at radius 3 is 2.60 bits per heavy atom. The number of nitrogens with one attached hydrogen (secondary N) is 1. The molecular weight excluding hydrogens is 228 g/mol. The summed E-state index contributed by atoms with van der Waals surface area (Å²) in [4.78, 5) is 0. The predicted octanol–water partition coefficient (Wildman–Crippen LogP) is 2.99. The molecule has 0 fully saturated rings. The van der Waals surface area contributed by atoms with Gasteiger partial charge < -0.3 is 0 Å². The second-order valence-corrected chi connectivity index (χ2v) is 4.93. The van der Waals surface area contributed by atoms with E-state index in [-0.39, 0.29) is 6.04 Å². The average molecular weight is 245 g/mol. The van der Waals surface area contributed by atoms with Crippen molar-refractivity contribution in [2.45, 2.75) is 19.4 Å². The molecule has 0 heterocycles. The van der Waals surface area contributed by atoms with Gasteiger partial charge in [-0.2, -0.15) is 11.8 Å². The molecule has 3 N–H and O–H groups in total. The van der Waals surface area contributed by atoms with E-state index < -0.39 is 0 Å². The molecule has 0 amide bonds. The van der Waals surface area contributed by atoms with Gasteiger partial charge >= 0.3 is 0 Å². The molecule has 0 aliphatic heterocycles. The van der Waals surface area contributed by atoms with E-state index >= 15 is 0 Å². The van der Waals surface area contributed by atoms with Crippen LogP contribution in [0.5, 0.6) is 0 Å². The molecule has 1 aromatic rings. The fourth-order valence-electron chi connectivity index (χ4n) is 1.28. The zero-order valence-corrected chi connectivity index (χ0v) is 10.4. The Morgan fingerprint density at radius 2 is 2.07 bits per heavy atom. The van der Waals surface area contributed by atoms with Crippen LogP contribution in [0.25, 0.3) is 0 Å². The predicted molar refractivity (Wildman–Crippen MR) is 69.1 cm³/mol. The van der Waals surface area contributed by atoms with Crippen LogP contribution < -0.4 is 11.3 Å². The number of benzene rings is 1. The number of rotatable bonds is 6. The van der Waals surface area contributed by atoms with Gasteiger partial charge in [-0.1, -0.05) is 30.7 Å². The minimum atomic E-state index is 0.207. The Bertz CT molecular complexity index is 276. The molecule has 0 aliphatic rings. The zero-order chi connectivity index (χ0) is 11.1. The van der Waals surface area contributed by atoms with Crippen LogP contribution >= 0.6 is 23.4 Å². The van der Waals surface area contributed by atoms with Gasteiger partial charge in [0.1, 0.15) is 0 Å². The second kappa shape index (κ2) is 7.12. The SMILES string of the molecule is CCCSCC(NN)c1ccc(Cl)cc1. The van der Waals surface area contributed by atoms with Gasteiger partial charge in [0.15, 0.2) is 0 Å². The zero-order valence-electron chi connectivity index (χ0n) is 8.87. The standard InChI is InChI=1S/C11H17ClN2S/c1-2-7-15-8-11(14-13)9-3-5-10(12)6-4-9/h3-6,11,14H,2,7-8,13H2,1H3. The van der Waals surface area contributed by atoms with Crippen LogP contribution in [0, 0.1) is 0 Å². The molecule has 1 rings (SSSR count). The van der Waals surface area contributed by atoms with Gasteiger partial charge in [0, 0.05) is 10.8 Å². The van der Waals surface area contributed by atoms with E-state index in [0.717, 1.165) is 10.8 Å². The van der Waals surface area contributed by atoms with Crippen LogP contribution in [0.1, 0.15) is 24.9 Å². The summed E-state index contributed by atoms with van der Waals surface area (Å²) in [6.07, 6.45) is 1.20. The summed E-state index contributed by atoms with van der Waals surface area (Å²) in [6, 6.07) is 8.02. The molecule has 15 heavy (non-hydrogen) atoms. The number of hydrogen-bond donors (Lipinski definition) is 2. The molecule has 2 nitrogen and oxygen atoms in total. The first kappa shape index (κ1) is 12.8. The summed E-state index contributed by atoms with van der Waals surface area (Å²) in [6.45, 7) is 2.18. The largest absolute Gasteiger partial charge is 0.271 e. The topological polar surface area (TPSA) is 38.0 Å². The average Bonchev–Trinajstić information content (AvgIpc) is 2.26. The summed E-state index contributed by atoms with van der Waals surface area (Å²) in [7, 11) is 0. The molecule has 0 spiro atoms. The van der Waals surface area contributed by atoms with Crippen LogP contribution in [0.4, 0.5) is 0 Å². The van der Waals surface area contributed by atoms with Crippen molar-refractivity contribution in [3.63, 3.8) is 0 Å². The summed E-state index contributed by atoms with van der Waals surface area (Å²) in [5.74, 6) is 7.69. The number of thioether (sulfide) groups is 1. The molecule has 84 valence electrons. The van der Waals surface area contributed by atoms with E-state index in [2.05, 4.69) is 12.3 Å². The van der Waals surface area contributed by atoms with E-state index in [1.807, 2.05) is 36.0 Å². The highest BCUT2D eigenvalue weighted by molar-refractivity contribution is 7.99. The smallest absolute Gasteiger partial charge is 0.0550 e. The maximum Gasteiger partial charge on any atom is 0.0550 e. The molecule has 1 unspecified atom stereocenters. The fraction of sp³-hybridized carbons (Fsp3) is 0.455. The maximum atomic E-state index is 5.83. The third kappa shape index (κ3) is 4.43. The molecule has 1 aromatic carbocycles. The van der Waals surface area contributed by atoms with Gasteiger partial charge in [0.05, 0.1) is 6.04 Å². The lowest BCUT2D eigenvalue weighted by molar-refractivity contribution is 0.610. The first-order valence-corrected chi connectivity index (χ1v) is 6.60. The minimum absolute atomic E-state index is 0.207. The first-order chi connectivity index (χ1) is 7.27. The van der Waals surface area contributed by atoms with Gasteiger partial charge in [0.25, 0.3) is 0 Å². The molecule has 0 radical (unpaired) electrons. The lowest BCUT2D eigenvalue weighted by atomic mass is 10.1. The van der Waals surface area contributed by atoms with Crippen LogP contribution in [-0.2, 0) is 0 Å². The summed E-state index contributed by atoms with van der Waals surface area (Å²) >= 11 is 7.74. The molecule has 1 atom stereocenters. The molecule has 4 heteroatoms. The Labute approximate surface area is 101 Å². The van der Waals surface area contributed by atoms with Gasteiger partial charge in [-0.15, -0.1) is 0 Å². The van der Waals surface area contributed by atoms with E-state index in [0.29, 0.717) is 0 Å². The molecule has 0 aromatic heterocycles. The van der Waals surface area contributed by atoms with Crippen molar-refractivity contribution >= 4 is 23.4 Å². The molecule has 0 saturated carbocycles. The summed E-state index contributed by atoms with van der Waals surface area (Å²) in [5, 5.41) is 0.760. The van der Waals surface area contributed by atoms with Crippen molar-refractivity contribution in [3.05, 3.63) is 34.9 Å². The van der Waals surface area contributed by atoms with Gasteiger partial charge in [-0.3, -0.25) is 11.3 Å². The second-order valence-electron chi connectivity index (χ2n) is 3.35. The number of hydrogen-bond acceptors (Lipinski definition) is 3. The summed E-state index contributed by atoms with van der Waals surface area (Å²) in [5.41, 5.74) is 4.02. The monoisotopic (exact) mass is 244 g/mol. The van der Waals surface area contributed by atoms with Crippen molar-refractivity contribution in [1.82, 2.24) is 5.43 Å². The van der Waals surface area contributed by atoms with Crippen molar-refractivity contribution in [2.75, 3.05) is 11.5 Å². The highest BCUT2D eigenvalue weighted by atomic mass is 35.5. The van der Waals surface area contributed by atoms with Gasteiger partial charge in [-0.05, 0) is 29.9 Å². The van der Waals surface area contributed by atoms with Crippen molar-refractivity contribution in [3.8, 4) is 0 Å². The molecule has 0 saturated heterocycles. The Balaban J connectivity index is 2.53. The lowest BCUT2D eigenvalue weighted by Crippen LogP contribution is -2.29.